The van der Waals surface area contributed by atoms with Crippen LogP contribution in [0.1, 0.15) is 39.4 Å². The van der Waals surface area contributed by atoms with Crippen LogP contribution >= 0.6 is 0 Å². The summed E-state index contributed by atoms with van der Waals surface area (Å²) >= 11 is 0. The van der Waals surface area contributed by atoms with E-state index in [0.29, 0.717) is 12.1 Å². The Kier molecular flexibility index (Phi) is 4.72. The first-order valence-electron chi connectivity index (χ1n) is 7.08. The molecule has 0 aliphatic carbocycles. The van der Waals surface area contributed by atoms with E-state index in [-0.39, 0.29) is 0 Å². The number of piperazine rings is 1. The van der Waals surface area contributed by atoms with Crippen molar-refractivity contribution in [2.24, 2.45) is 0 Å². The van der Waals surface area contributed by atoms with E-state index in [0.717, 1.165) is 32.0 Å². The number of hydrogen-bond donors (Lipinski definition) is 1. The third kappa shape index (κ3) is 3.09. The van der Waals surface area contributed by atoms with E-state index in [9.17, 15) is 0 Å². The molecule has 1 aliphatic rings. The van der Waals surface area contributed by atoms with Crippen molar-refractivity contribution in [1.82, 2.24) is 25.0 Å². The molecule has 0 saturated carbocycles. The highest BCUT2D eigenvalue weighted by Gasteiger charge is 2.25. The van der Waals surface area contributed by atoms with Gasteiger partial charge in [-0.05, 0) is 20.3 Å². The smallest absolute Gasteiger partial charge is 0.141 e. The van der Waals surface area contributed by atoms with Crippen LogP contribution < -0.4 is 5.32 Å². The van der Waals surface area contributed by atoms with Crippen LogP contribution in [-0.4, -0.2) is 44.8 Å². The van der Waals surface area contributed by atoms with E-state index in [1.165, 1.54) is 12.8 Å². The maximum Gasteiger partial charge on any atom is 0.141 e. The maximum absolute atomic E-state index is 4.38. The third-order valence-electron chi connectivity index (χ3n) is 3.76. The van der Waals surface area contributed by atoms with E-state index in [1.807, 2.05) is 4.68 Å². The molecule has 1 N–H and O–H groups in total. The molecule has 102 valence electrons. The fraction of sp³-hybridized carbons (Fsp3) is 0.846. The molecule has 1 aromatic heterocycles. The van der Waals surface area contributed by atoms with Crippen LogP contribution in [0.3, 0.4) is 0 Å². The minimum Gasteiger partial charge on any atom is -0.311 e. The van der Waals surface area contributed by atoms with Crippen molar-refractivity contribution in [2.45, 2.75) is 58.8 Å². The maximum atomic E-state index is 4.38. The molecule has 0 amide bonds. The quantitative estimate of drug-likeness (QED) is 0.856. The van der Waals surface area contributed by atoms with E-state index in [4.69, 9.17) is 0 Å². The predicted octanol–water partition coefficient (Wildman–Crippen LogP) is 1.26. The Morgan fingerprint density at radius 2 is 2.28 bits per heavy atom. The molecule has 18 heavy (non-hydrogen) atoms. The molecule has 2 rings (SSSR count). The summed E-state index contributed by atoms with van der Waals surface area (Å²) < 4.78 is 1.99. The minimum absolute atomic E-state index is 0.570. The van der Waals surface area contributed by atoms with E-state index < -0.39 is 0 Å². The van der Waals surface area contributed by atoms with Gasteiger partial charge < -0.3 is 5.32 Å². The Labute approximate surface area is 110 Å². The van der Waals surface area contributed by atoms with Gasteiger partial charge in [-0.1, -0.05) is 13.3 Å². The second kappa shape index (κ2) is 6.29. The van der Waals surface area contributed by atoms with E-state index >= 15 is 0 Å². The molecule has 1 aromatic rings. The molecule has 0 radical (unpaired) electrons. The van der Waals surface area contributed by atoms with Crippen LogP contribution in [0.25, 0.3) is 0 Å². The van der Waals surface area contributed by atoms with Crippen LogP contribution in [0.2, 0.25) is 0 Å². The van der Waals surface area contributed by atoms with E-state index in [1.54, 1.807) is 6.33 Å². The zero-order valence-electron chi connectivity index (χ0n) is 11.8. The van der Waals surface area contributed by atoms with Crippen LogP contribution in [-0.2, 0) is 13.1 Å². The molecule has 0 bridgehead atoms. The van der Waals surface area contributed by atoms with E-state index in [2.05, 4.69) is 41.1 Å². The molecule has 2 heterocycles. The second-order valence-corrected chi connectivity index (χ2v) is 5.16. The minimum atomic E-state index is 0.570. The van der Waals surface area contributed by atoms with Gasteiger partial charge in [0, 0.05) is 31.7 Å². The van der Waals surface area contributed by atoms with Gasteiger partial charge in [0.2, 0.25) is 0 Å². The number of hydrogen-bond acceptors (Lipinski definition) is 4. The van der Waals surface area contributed by atoms with Gasteiger partial charge in [0.25, 0.3) is 0 Å². The molecular formula is C13H25N5. The standard InChI is InChI=1S/C13H25N5/c1-4-6-12-8-17(11(3)7-14-12)9-13-15-10-16-18(13)5-2/h10-12,14H,4-9H2,1-3H3. The Balaban J connectivity index is 1.98. The monoisotopic (exact) mass is 251 g/mol. The first kappa shape index (κ1) is 13.5. The number of nitrogens with zero attached hydrogens (tertiary/aromatic N) is 4. The zero-order valence-corrected chi connectivity index (χ0v) is 11.8. The summed E-state index contributed by atoms with van der Waals surface area (Å²) in [5.74, 6) is 1.08. The van der Waals surface area contributed by atoms with Crippen molar-refractivity contribution in [3.63, 3.8) is 0 Å². The van der Waals surface area contributed by atoms with Gasteiger partial charge in [-0.3, -0.25) is 4.90 Å². The fourth-order valence-corrected chi connectivity index (χ4v) is 2.61. The normalized spacial score (nSPS) is 25.5. The van der Waals surface area contributed by atoms with Gasteiger partial charge in [0.15, 0.2) is 0 Å². The van der Waals surface area contributed by atoms with Gasteiger partial charge in [0.1, 0.15) is 12.2 Å². The fourth-order valence-electron chi connectivity index (χ4n) is 2.61. The van der Waals surface area contributed by atoms with Gasteiger partial charge in [-0.15, -0.1) is 0 Å². The van der Waals surface area contributed by atoms with Crippen LogP contribution in [0, 0.1) is 0 Å². The number of nitrogens with one attached hydrogen (secondary N) is 1. The van der Waals surface area contributed by atoms with Gasteiger partial charge in [-0.25, -0.2) is 9.67 Å². The molecule has 5 heteroatoms. The first-order chi connectivity index (χ1) is 8.74. The summed E-state index contributed by atoms with van der Waals surface area (Å²) in [5.41, 5.74) is 0. The van der Waals surface area contributed by atoms with Crippen molar-refractivity contribution < 1.29 is 0 Å². The SMILES string of the molecule is CCCC1CN(Cc2ncnn2CC)C(C)CN1. The van der Waals surface area contributed by atoms with Crippen molar-refractivity contribution in [2.75, 3.05) is 13.1 Å². The molecule has 5 nitrogen and oxygen atoms in total. The van der Waals surface area contributed by atoms with Crippen LogP contribution in [0.4, 0.5) is 0 Å². The zero-order chi connectivity index (χ0) is 13.0. The summed E-state index contributed by atoms with van der Waals surface area (Å²) in [5, 5.41) is 7.87. The summed E-state index contributed by atoms with van der Waals surface area (Å²) in [4.78, 5) is 6.90. The lowest BCUT2D eigenvalue weighted by atomic mass is 10.1. The lowest BCUT2D eigenvalue weighted by molar-refractivity contribution is 0.124. The summed E-state index contributed by atoms with van der Waals surface area (Å²) in [6.45, 7) is 10.6. The lowest BCUT2D eigenvalue weighted by Crippen LogP contribution is -2.55. The average Bonchev–Trinajstić information content (AvgIpc) is 2.81. The Hall–Kier alpha value is -0.940. The van der Waals surface area contributed by atoms with Crippen LogP contribution in [0.5, 0.6) is 0 Å². The van der Waals surface area contributed by atoms with Gasteiger partial charge in [-0.2, -0.15) is 5.10 Å². The summed E-state index contributed by atoms with van der Waals surface area (Å²) in [7, 11) is 0. The predicted molar refractivity (Wildman–Crippen MR) is 72.3 cm³/mol. The lowest BCUT2D eigenvalue weighted by Gasteiger charge is -2.38. The van der Waals surface area contributed by atoms with Gasteiger partial charge in [0.05, 0.1) is 6.54 Å². The second-order valence-electron chi connectivity index (χ2n) is 5.16. The molecule has 0 aromatic carbocycles. The largest absolute Gasteiger partial charge is 0.311 e. The van der Waals surface area contributed by atoms with Gasteiger partial charge >= 0.3 is 0 Å². The Morgan fingerprint density at radius 3 is 3.00 bits per heavy atom. The highest BCUT2D eigenvalue weighted by molar-refractivity contribution is 4.90. The number of aromatic nitrogens is 3. The first-order valence-corrected chi connectivity index (χ1v) is 7.08. The molecule has 2 unspecified atom stereocenters. The van der Waals surface area contributed by atoms with Crippen LogP contribution in [0.15, 0.2) is 6.33 Å². The topological polar surface area (TPSA) is 46.0 Å². The molecule has 1 saturated heterocycles. The van der Waals surface area contributed by atoms with Crippen molar-refractivity contribution in [1.29, 1.82) is 0 Å². The number of aryl methyl sites for hydroxylation is 1. The van der Waals surface area contributed by atoms with Crippen molar-refractivity contribution in [3.05, 3.63) is 12.2 Å². The summed E-state index contributed by atoms with van der Waals surface area (Å²) in [6.07, 6.45) is 4.16. The summed E-state index contributed by atoms with van der Waals surface area (Å²) in [6, 6.07) is 1.20. The third-order valence-corrected chi connectivity index (χ3v) is 3.76. The Bertz CT molecular complexity index is 362. The highest BCUT2D eigenvalue weighted by Crippen LogP contribution is 2.13. The van der Waals surface area contributed by atoms with Crippen molar-refractivity contribution in [3.8, 4) is 0 Å². The number of rotatable bonds is 5. The molecule has 2 atom stereocenters. The highest BCUT2D eigenvalue weighted by atomic mass is 15.4. The molecule has 0 spiro atoms. The molecule has 1 aliphatic heterocycles. The molecular weight excluding hydrogens is 226 g/mol. The average molecular weight is 251 g/mol. The Morgan fingerprint density at radius 1 is 1.44 bits per heavy atom. The molecule has 1 fully saturated rings. The van der Waals surface area contributed by atoms with Crippen molar-refractivity contribution >= 4 is 0 Å².